The van der Waals surface area contributed by atoms with Crippen molar-refractivity contribution in [1.29, 1.82) is 0 Å². The molecule has 1 unspecified atom stereocenters. The average molecular weight is 185 g/mol. The fourth-order valence-electron chi connectivity index (χ4n) is 0.983. The van der Waals surface area contributed by atoms with E-state index in [2.05, 4.69) is 12.2 Å². The summed E-state index contributed by atoms with van der Waals surface area (Å²) in [5.41, 5.74) is 5.33. The Morgan fingerprint density at radius 2 is 2.15 bits per heavy atom. The number of amides is 1. The number of nitrogens with one attached hydrogen (secondary N) is 1. The van der Waals surface area contributed by atoms with Crippen LogP contribution in [0.4, 0.5) is 0 Å². The van der Waals surface area contributed by atoms with E-state index in [9.17, 15) is 4.79 Å². The van der Waals surface area contributed by atoms with Gasteiger partial charge in [-0.3, -0.25) is 4.79 Å². The second-order valence-corrected chi connectivity index (χ2v) is 3.51. The fourth-order valence-corrected chi connectivity index (χ4v) is 0.983. The molecule has 0 aliphatic carbocycles. The third kappa shape index (κ3) is 9.34. The molecule has 3 nitrogen and oxygen atoms in total. The van der Waals surface area contributed by atoms with Gasteiger partial charge in [-0.2, -0.15) is 0 Å². The highest BCUT2D eigenvalue weighted by atomic mass is 16.1. The van der Waals surface area contributed by atoms with Gasteiger partial charge in [0.15, 0.2) is 0 Å². The lowest BCUT2D eigenvalue weighted by Crippen LogP contribution is -2.27. The Balaban J connectivity index is 3.20. The Bertz CT molecular complexity index is 135. The van der Waals surface area contributed by atoms with Gasteiger partial charge in [-0.15, -0.1) is 0 Å². The number of carbonyl (C=O) groups excluding carboxylic acids is 1. The number of unbranched alkanes of at least 4 members (excludes halogenated alkanes) is 2. The molecule has 3 N–H and O–H groups in total. The van der Waals surface area contributed by atoms with Crippen LogP contribution in [0.15, 0.2) is 0 Å². The lowest BCUT2D eigenvalue weighted by molar-refractivity contribution is -0.121. The summed E-state index contributed by atoms with van der Waals surface area (Å²) in [5, 5.41) is 2.83. The highest BCUT2D eigenvalue weighted by Crippen LogP contribution is 1.98. The average Bonchev–Trinajstić information content (AvgIpc) is 2.09. The predicted molar refractivity (Wildman–Crippen MR) is 55.1 cm³/mol. The van der Waals surface area contributed by atoms with E-state index in [-0.39, 0.29) is 11.8 Å². The standard InChI is InChI=1S/C10H21N2O/c1-9(2)8-12-10(13)6-4-3-5-7-11/h9H,1,3-8,11H2,2H3,(H,12,13). The van der Waals surface area contributed by atoms with Crippen LogP contribution in [0.25, 0.3) is 0 Å². The lowest BCUT2D eigenvalue weighted by atomic mass is 10.2. The van der Waals surface area contributed by atoms with Gasteiger partial charge in [-0.05, 0) is 32.2 Å². The molecule has 0 aliphatic rings. The van der Waals surface area contributed by atoms with Crippen molar-refractivity contribution in [3.63, 3.8) is 0 Å². The first-order chi connectivity index (χ1) is 6.16. The third-order valence-electron chi connectivity index (χ3n) is 1.76. The summed E-state index contributed by atoms with van der Waals surface area (Å²) in [6, 6.07) is 0. The van der Waals surface area contributed by atoms with Crippen LogP contribution in [0, 0.1) is 12.8 Å². The van der Waals surface area contributed by atoms with Crippen molar-refractivity contribution in [1.82, 2.24) is 5.32 Å². The van der Waals surface area contributed by atoms with Gasteiger partial charge in [0, 0.05) is 13.0 Å². The smallest absolute Gasteiger partial charge is 0.220 e. The molecule has 0 aromatic heterocycles. The van der Waals surface area contributed by atoms with E-state index < -0.39 is 0 Å². The quantitative estimate of drug-likeness (QED) is 0.583. The number of nitrogens with two attached hydrogens (primary N) is 1. The van der Waals surface area contributed by atoms with Crippen LogP contribution in [-0.2, 0) is 4.79 Å². The Labute approximate surface area is 81.1 Å². The first-order valence-electron chi connectivity index (χ1n) is 4.96. The molecule has 1 atom stereocenters. The van der Waals surface area contributed by atoms with Crippen LogP contribution in [-0.4, -0.2) is 19.0 Å². The summed E-state index contributed by atoms with van der Waals surface area (Å²) in [6.45, 7) is 7.17. The number of carbonyl (C=O) groups is 1. The summed E-state index contributed by atoms with van der Waals surface area (Å²) in [7, 11) is 0. The van der Waals surface area contributed by atoms with E-state index >= 15 is 0 Å². The van der Waals surface area contributed by atoms with Crippen LogP contribution in [0.2, 0.25) is 0 Å². The minimum atomic E-state index is 0.132. The van der Waals surface area contributed by atoms with Gasteiger partial charge in [0.05, 0.1) is 0 Å². The molecule has 1 amide bonds. The van der Waals surface area contributed by atoms with E-state index in [0.717, 1.165) is 25.8 Å². The highest BCUT2D eigenvalue weighted by Gasteiger charge is 2.01. The Morgan fingerprint density at radius 3 is 2.69 bits per heavy atom. The van der Waals surface area contributed by atoms with Gasteiger partial charge in [-0.25, -0.2) is 0 Å². The van der Waals surface area contributed by atoms with E-state index in [1.165, 1.54) is 0 Å². The molecule has 0 bridgehead atoms. The van der Waals surface area contributed by atoms with Crippen molar-refractivity contribution in [2.45, 2.75) is 32.6 Å². The van der Waals surface area contributed by atoms with E-state index in [4.69, 9.17) is 5.73 Å². The van der Waals surface area contributed by atoms with Crippen molar-refractivity contribution in [3.05, 3.63) is 6.92 Å². The fraction of sp³-hybridized carbons (Fsp3) is 0.800. The molecule has 13 heavy (non-hydrogen) atoms. The second-order valence-electron chi connectivity index (χ2n) is 3.51. The van der Waals surface area contributed by atoms with Crippen LogP contribution >= 0.6 is 0 Å². The molecule has 0 saturated heterocycles. The number of rotatable bonds is 7. The van der Waals surface area contributed by atoms with Crippen LogP contribution in [0.3, 0.4) is 0 Å². The molecule has 0 fully saturated rings. The largest absolute Gasteiger partial charge is 0.356 e. The lowest BCUT2D eigenvalue weighted by Gasteiger charge is -2.06. The summed E-state index contributed by atoms with van der Waals surface area (Å²) < 4.78 is 0. The SMILES string of the molecule is [CH2]C(C)CNC(=O)CCCCCN. The zero-order valence-electron chi connectivity index (χ0n) is 8.51. The van der Waals surface area contributed by atoms with Crippen LogP contribution in [0.1, 0.15) is 32.6 Å². The Hall–Kier alpha value is -0.570. The minimum Gasteiger partial charge on any atom is -0.356 e. The second kappa shape index (κ2) is 8.05. The summed E-state index contributed by atoms with van der Waals surface area (Å²) in [5.74, 6) is 0.417. The molecular formula is C10H21N2O. The van der Waals surface area contributed by atoms with Crippen LogP contribution in [0.5, 0.6) is 0 Å². The molecule has 0 aromatic rings. The summed E-state index contributed by atoms with van der Waals surface area (Å²) in [4.78, 5) is 11.1. The normalized spacial score (nSPS) is 10.5. The Kier molecular flexibility index (Phi) is 7.69. The van der Waals surface area contributed by atoms with Gasteiger partial charge < -0.3 is 11.1 Å². The maximum absolute atomic E-state index is 11.1. The van der Waals surface area contributed by atoms with Gasteiger partial charge >= 0.3 is 0 Å². The first-order valence-corrected chi connectivity index (χ1v) is 4.96. The van der Waals surface area contributed by atoms with Crippen molar-refractivity contribution in [2.24, 2.45) is 11.7 Å². The molecular weight excluding hydrogens is 164 g/mol. The maximum Gasteiger partial charge on any atom is 0.220 e. The number of hydrogen-bond acceptors (Lipinski definition) is 2. The van der Waals surface area contributed by atoms with Gasteiger partial charge in [0.1, 0.15) is 0 Å². The van der Waals surface area contributed by atoms with Crippen molar-refractivity contribution < 1.29 is 4.79 Å². The zero-order chi connectivity index (χ0) is 10.1. The predicted octanol–water partition coefficient (Wildman–Crippen LogP) is 1.09. The molecule has 0 rings (SSSR count). The number of hydrogen-bond donors (Lipinski definition) is 2. The molecule has 1 radical (unpaired) electrons. The van der Waals surface area contributed by atoms with Crippen molar-refractivity contribution in [2.75, 3.05) is 13.1 Å². The third-order valence-corrected chi connectivity index (χ3v) is 1.76. The molecule has 0 aromatic carbocycles. The van der Waals surface area contributed by atoms with E-state index in [0.29, 0.717) is 13.0 Å². The van der Waals surface area contributed by atoms with Crippen molar-refractivity contribution in [3.8, 4) is 0 Å². The minimum absolute atomic E-state index is 0.132. The topological polar surface area (TPSA) is 55.1 Å². The first kappa shape index (κ1) is 12.4. The zero-order valence-corrected chi connectivity index (χ0v) is 8.51. The molecule has 3 heteroatoms. The summed E-state index contributed by atoms with van der Waals surface area (Å²) >= 11 is 0. The van der Waals surface area contributed by atoms with Gasteiger partial charge in [-0.1, -0.05) is 13.3 Å². The van der Waals surface area contributed by atoms with Crippen LogP contribution < -0.4 is 11.1 Å². The van der Waals surface area contributed by atoms with Crippen molar-refractivity contribution >= 4 is 5.91 Å². The molecule has 77 valence electrons. The van der Waals surface area contributed by atoms with E-state index in [1.807, 2.05) is 6.92 Å². The molecule has 0 saturated carbocycles. The summed E-state index contributed by atoms with van der Waals surface area (Å²) in [6.07, 6.45) is 3.62. The molecule has 0 spiro atoms. The highest BCUT2D eigenvalue weighted by molar-refractivity contribution is 5.75. The van der Waals surface area contributed by atoms with Gasteiger partial charge in [0.2, 0.25) is 5.91 Å². The van der Waals surface area contributed by atoms with Gasteiger partial charge in [0.25, 0.3) is 0 Å². The molecule has 0 heterocycles. The molecule has 0 aliphatic heterocycles. The Morgan fingerprint density at radius 1 is 1.46 bits per heavy atom. The maximum atomic E-state index is 11.1. The van der Waals surface area contributed by atoms with E-state index in [1.54, 1.807) is 0 Å². The monoisotopic (exact) mass is 185 g/mol.